The van der Waals surface area contributed by atoms with Gasteiger partial charge in [-0.3, -0.25) is 9.59 Å². The molecule has 8 nitrogen and oxygen atoms in total. The number of benzene rings is 1. The standard InChI is InChI=1S/C21H24ClFN4O4S/c1-13(2)26-32(30,31)16-6-7-18(23)17(10-16)21(29)27-9-3-4-14(12-27)20(28)25-19-8-5-15(22)11-24-19/h5-8,10-11,13-14,26H,3-4,9,12H2,1-2H3,(H,24,25,28). The number of nitrogens with zero attached hydrogens (tertiary/aromatic N) is 2. The summed E-state index contributed by atoms with van der Waals surface area (Å²) in [5, 5.41) is 3.13. The van der Waals surface area contributed by atoms with Crippen LogP contribution in [-0.2, 0) is 14.8 Å². The number of likely N-dealkylation sites (tertiary alicyclic amines) is 1. The zero-order valence-corrected chi connectivity index (χ0v) is 19.2. The number of rotatable bonds is 6. The van der Waals surface area contributed by atoms with Crippen LogP contribution in [0.3, 0.4) is 0 Å². The van der Waals surface area contributed by atoms with E-state index in [2.05, 4.69) is 15.0 Å². The summed E-state index contributed by atoms with van der Waals surface area (Å²) >= 11 is 5.79. The molecule has 1 unspecified atom stereocenters. The van der Waals surface area contributed by atoms with Gasteiger partial charge in [-0.25, -0.2) is 22.5 Å². The first-order chi connectivity index (χ1) is 15.1. The molecule has 11 heteroatoms. The summed E-state index contributed by atoms with van der Waals surface area (Å²) in [6.07, 6.45) is 2.51. The summed E-state index contributed by atoms with van der Waals surface area (Å²) in [5.74, 6) is -1.97. The Morgan fingerprint density at radius 3 is 2.66 bits per heavy atom. The monoisotopic (exact) mass is 482 g/mol. The average molecular weight is 483 g/mol. The van der Waals surface area contributed by atoms with E-state index in [1.54, 1.807) is 26.0 Å². The van der Waals surface area contributed by atoms with E-state index in [1.165, 1.54) is 11.1 Å². The molecule has 0 radical (unpaired) electrons. The number of pyridine rings is 1. The Balaban J connectivity index is 1.75. The minimum atomic E-state index is -3.89. The van der Waals surface area contributed by atoms with Crippen LogP contribution in [0, 0.1) is 11.7 Å². The molecule has 2 N–H and O–H groups in total. The van der Waals surface area contributed by atoms with Crippen LogP contribution in [0.5, 0.6) is 0 Å². The summed E-state index contributed by atoms with van der Waals surface area (Å²) in [5.41, 5.74) is -0.350. The van der Waals surface area contributed by atoms with Crippen LogP contribution in [-0.4, -0.2) is 49.2 Å². The fourth-order valence-electron chi connectivity index (χ4n) is 3.44. The van der Waals surface area contributed by atoms with Crippen molar-refractivity contribution in [2.24, 2.45) is 5.92 Å². The van der Waals surface area contributed by atoms with Crippen molar-refractivity contribution in [2.45, 2.75) is 37.6 Å². The van der Waals surface area contributed by atoms with E-state index in [0.29, 0.717) is 30.2 Å². The molecule has 1 aromatic carbocycles. The molecule has 1 aliphatic heterocycles. The van der Waals surface area contributed by atoms with Gasteiger partial charge in [0.2, 0.25) is 15.9 Å². The van der Waals surface area contributed by atoms with Crippen LogP contribution in [0.4, 0.5) is 10.2 Å². The van der Waals surface area contributed by atoms with Gasteiger partial charge in [0.15, 0.2) is 0 Å². The Labute approximate surface area is 191 Å². The van der Waals surface area contributed by atoms with Crippen molar-refractivity contribution in [2.75, 3.05) is 18.4 Å². The van der Waals surface area contributed by atoms with Crippen LogP contribution >= 0.6 is 11.6 Å². The fourth-order valence-corrected chi connectivity index (χ4v) is 4.83. The zero-order chi connectivity index (χ0) is 23.5. The maximum atomic E-state index is 14.4. The Hall–Kier alpha value is -2.56. The van der Waals surface area contributed by atoms with E-state index in [-0.39, 0.29) is 29.0 Å². The SMILES string of the molecule is CC(C)NS(=O)(=O)c1ccc(F)c(C(=O)N2CCCC(C(=O)Nc3ccc(Cl)cn3)C2)c1. The second-order valence-electron chi connectivity index (χ2n) is 7.86. The van der Waals surface area contributed by atoms with Crippen molar-refractivity contribution in [1.29, 1.82) is 0 Å². The van der Waals surface area contributed by atoms with Gasteiger partial charge in [0, 0.05) is 25.3 Å². The first-order valence-corrected chi connectivity index (χ1v) is 12.0. The third-order valence-electron chi connectivity index (χ3n) is 4.93. The van der Waals surface area contributed by atoms with Crippen LogP contribution in [0.15, 0.2) is 41.4 Å². The highest BCUT2D eigenvalue weighted by Crippen LogP contribution is 2.23. The molecule has 1 aromatic heterocycles. The highest BCUT2D eigenvalue weighted by atomic mass is 35.5. The molecule has 0 saturated carbocycles. The van der Waals surface area contributed by atoms with Crippen molar-refractivity contribution in [3.63, 3.8) is 0 Å². The van der Waals surface area contributed by atoms with Crippen molar-refractivity contribution < 1.29 is 22.4 Å². The molecule has 1 aliphatic rings. The predicted octanol–water partition coefficient (Wildman–Crippen LogP) is 3.05. The molecule has 3 rings (SSSR count). The third-order valence-corrected chi connectivity index (χ3v) is 6.81. The molecule has 0 bridgehead atoms. The van der Waals surface area contributed by atoms with Gasteiger partial charge >= 0.3 is 0 Å². The van der Waals surface area contributed by atoms with Crippen LogP contribution in [0.1, 0.15) is 37.0 Å². The van der Waals surface area contributed by atoms with E-state index in [0.717, 1.165) is 18.2 Å². The van der Waals surface area contributed by atoms with Crippen molar-refractivity contribution in [3.05, 3.63) is 52.9 Å². The number of hydrogen-bond donors (Lipinski definition) is 2. The van der Waals surface area contributed by atoms with Crippen molar-refractivity contribution in [3.8, 4) is 0 Å². The first-order valence-electron chi connectivity index (χ1n) is 10.1. The van der Waals surface area contributed by atoms with Crippen LogP contribution in [0.2, 0.25) is 5.02 Å². The topological polar surface area (TPSA) is 108 Å². The largest absolute Gasteiger partial charge is 0.338 e. The lowest BCUT2D eigenvalue weighted by Crippen LogP contribution is -2.44. The molecule has 2 amide bonds. The molecular formula is C21H24ClFN4O4S. The minimum absolute atomic E-state index is 0.0823. The fraction of sp³-hybridized carbons (Fsp3) is 0.381. The Bertz CT molecular complexity index is 1110. The molecule has 32 heavy (non-hydrogen) atoms. The number of amides is 2. The van der Waals surface area contributed by atoms with Gasteiger partial charge in [0.05, 0.1) is 21.4 Å². The van der Waals surface area contributed by atoms with Crippen LogP contribution in [0.25, 0.3) is 0 Å². The van der Waals surface area contributed by atoms with Gasteiger partial charge < -0.3 is 10.2 Å². The molecule has 1 atom stereocenters. The number of aromatic nitrogens is 1. The lowest BCUT2D eigenvalue weighted by Gasteiger charge is -2.32. The molecule has 172 valence electrons. The number of sulfonamides is 1. The van der Waals surface area contributed by atoms with Crippen molar-refractivity contribution in [1.82, 2.24) is 14.6 Å². The van der Waals surface area contributed by atoms with Crippen molar-refractivity contribution >= 4 is 39.3 Å². The Morgan fingerprint density at radius 2 is 2.00 bits per heavy atom. The van der Waals surface area contributed by atoms with E-state index in [9.17, 15) is 22.4 Å². The summed E-state index contributed by atoms with van der Waals surface area (Å²) in [4.78, 5) is 30.8. The molecule has 1 fully saturated rings. The predicted molar refractivity (Wildman–Crippen MR) is 118 cm³/mol. The molecule has 1 saturated heterocycles. The van der Waals surface area contributed by atoms with Crippen LogP contribution < -0.4 is 10.0 Å². The molecule has 2 aromatic rings. The third kappa shape index (κ3) is 5.81. The lowest BCUT2D eigenvalue weighted by molar-refractivity contribution is -0.121. The van der Waals surface area contributed by atoms with Gasteiger partial charge in [-0.1, -0.05) is 11.6 Å². The lowest BCUT2D eigenvalue weighted by atomic mass is 9.96. The highest BCUT2D eigenvalue weighted by molar-refractivity contribution is 7.89. The van der Waals surface area contributed by atoms with E-state index in [1.807, 2.05) is 0 Å². The van der Waals surface area contributed by atoms with Gasteiger partial charge in [-0.15, -0.1) is 0 Å². The van der Waals surface area contributed by atoms with Gasteiger partial charge in [-0.2, -0.15) is 0 Å². The maximum Gasteiger partial charge on any atom is 0.256 e. The number of halogens is 2. The number of hydrogen-bond acceptors (Lipinski definition) is 5. The summed E-state index contributed by atoms with van der Waals surface area (Å²) in [6.45, 7) is 3.73. The van der Waals surface area contributed by atoms with E-state index >= 15 is 0 Å². The van der Waals surface area contributed by atoms with E-state index in [4.69, 9.17) is 11.6 Å². The summed E-state index contributed by atoms with van der Waals surface area (Å²) in [6, 6.07) is 5.91. The highest BCUT2D eigenvalue weighted by Gasteiger charge is 2.31. The van der Waals surface area contributed by atoms with E-state index < -0.39 is 27.7 Å². The zero-order valence-electron chi connectivity index (χ0n) is 17.6. The maximum absolute atomic E-state index is 14.4. The Morgan fingerprint density at radius 1 is 1.25 bits per heavy atom. The average Bonchev–Trinajstić information content (AvgIpc) is 2.74. The number of anilines is 1. The smallest absolute Gasteiger partial charge is 0.256 e. The quantitative estimate of drug-likeness (QED) is 0.657. The summed E-state index contributed by atoms with van der Waals surface area (Å²) in [7, 11) is -3.89. The second kappa shape index (κ2) is 9.93. The number of piperidine rings is 1. The Kier molecular flexibility index (Phi) is 7.47. The normalized spacial score (nSPS) is 16.8. The molecule has 0 aliphatic carbocycles. The molecular weight excluding hydrogens is 459 g/mol. The molecule has 0 spiro atoms. The molecule has 2 heterocycles. The first kappa shape index (κ1) is 24.1. The summed E-state index contributed by atoms with van der Waals surface area (Å²) < 4.78 is 41.7. The number of carbonyl (C=O) groups excluding carboxylic acids is 2. The minimum Gasteiger partial charge on any atom is -0.338 e. The van der Waals surface area contributed by atoms with Gasteiger partial charge in [0.25, 0.3) is 5.91 Å². The number of carbonyl (C=O) groups is 2. The second-order valence-corrected chi connectivity index (χ2v) is 10.0. The number of nitrogens with one attached hydrogen (secondary N) is 2. The van der Waals surface area contributed by atoms with Gasteiger partial charge in [-0.05, 0) is 57.0 Å². The van der Waals surface area contributed by atoms with Gasteiger partial charge in [0.1, 0.15) is 11.6 Å².